The summed E-state index contributed by atoms with van der Waals surface area (Å²) < 4.78 is 6.61. The molecule has 0 aromatic rings. The molecule has 2 heteroatoms. The van der Waals surface area contributed by atoms with Crippen LogP contribution < -0.4 is 0 Å². The molecule has 0 N–H and O–H groups in total. The summed E-state index contributed by atoms with van der Waals surface area (Å²) in [7, 11) is 4.30. The third kappa shape index (κ3) is 27.9. The Bertz CT molecular complexity index is 247. The Kier molecular flexibility index (Phi) is 41.8. The summed E-state index contributed by atoms with van der Waals surface area (Å²) in [6.07, 6.45) is 22.7. The van der Waals surface area contributed by atoms with Crippen LogP contribution in [0.1, 0.15) is 146 Å². The van der Waals surface area contributed by atoms with Crippen LogP contribution in [-0.2, 0) is 4.74 Å². The highest BCUT2D eigenvalue weighted by atomic mass is 16.5. The highest BCUT2D eigenvalue weighted by Crippen LogP contribution is 2.14. The lowest BCUT2D eigenvalue weighted by Gasteiger charge is -2.34. The Balaban J connectivity index is -0.000000521. The van der Waals surface area contributed by atoms with Crippen molar-refractivity contribution in [1.82, 2.24) is 0 Å². The Morgan fingerprint density at radius 2 is 0.767 bits per heavy atom. The van der Waals surface area contributed by atoms with Crippen LogP contribution in [0.3, 0.4) is 0 Å². The monoisotopic (exact) mass is 435 g/mol. The van der Waals surface area contributed by atoms with Crippen LogP contribution in [0.2, 0.25) is 0 Å². The van der Waals surface area contributed by atoms with E-state index < -0.39 is 0 Å². The van der Waals surface area contributed by atoms with Gasteiger partial charge in [-0.25, -0.2) is 0 Å². The molecule has 0 aliphatic carbocycles. The molecule has 0 saturated heterocycles. The zero-order chi connectivity index (χ0) is 19.3. The molecule has 0 aromatic heterocycles. The summed E-state index contributed by atoms with van der Waals surface area (Å²) >= 11 is 0. The van der Waals surface area contributed by atoms with Gasteiger partial charge >= 0.3 is 0 Å². The zero-order valence-electron chi connectivity index (χ0n) is 19.0. The standard InChI is InChI=1S/C24H52NO.4CH4/c1-5-7-9-11-13-15-17-19-21-25(3,23-24-26-4)22-20-18-16-14-12-10-8-6-2;;;;/h5-24H2,1-4H3;4*1H4/q+1;;;;. The smallest absolute Gasteiger partial charge is 0.102 e. The molecule has 0 rings (SSSR count). The van der Waals surface area contributed by atoms with E-state index in [1.54, 1.807) is 0 Å². The van der Waals surface area contributed by atoms with Crippen molar-refractivity contribution in [2.24, 2.45) is 0 Å². The molecule has 0 saturated carbocycles. The summed E-state index contributed by atoms with van der Waals surface area (Å²) in [5.41, 5.74) is 0. The lowest BCUT2D eigenvalue weighted by Crippen LogP contribution is -2.47. The molecule has 0 aromatic carbocycles. The quantitative estimate of drug-likeness (QED) is 0.129. The second-order valence-electron chi connectivity index (χ2n) is 8.73. The minimum Gasteiger partial charge on any atom is -0.379 e. The van der Waals surface area contributed by atoms with Crippen molar-refractivity contribution < 1.29 is 9.22 Å². The predicted molar refractivity (Wildman–Crippen MR) is 145 cm³/mol. The van der Waals surface area contributed by atoms with Gasteiger partial charge in [0.1, 0.15) is 6.54 Å². The molecule has 0 aliphatic rings. The summed E-state index contributed by atoms with van der Waals surface area (Å²) in [4.78, 5) is 0. The van der Waals surface area contributed by atoms with Gasteiger partial charge in [0, 0.05) is 7.11 Å². The minimum atomic E-state index is 0. The van der Waals surface area contributed by atoms with E-state index >= 15 is 0 Å². The van der Waals surface area contributed by atoms with Gasteiger partial charge in [-0.1, -0.05) is 121 Å². The van der Waals surface area contributed by atoms with E-state index in [-0.39, 0.29) is 29.7 Å². The van der Waals surface area contributed by atoms with E-state index in [0.29, 0.717) is 0 Å². The number of nitrogens with zero attached hydrogens (tertiary/aromatic N) is 1. The average molecular weight is 435 g/mol. The summed E-state index contributed by atoms with van der Waals surface area (Å²) in [5.74, 6) is 0. The van der Waals surface area contributed by atoms with Crippen LogP contribution in [0.5, 0.6) is 0 Å². The second-order valence-corrected chi connectivity index (χ2v) is 8.73. The van der Waals surface area contributed by atoms with Crippen LogP contribution >= 0.6 is 0 Å². The SMILES string of the molecule is C.C.C.C.CCCCCCCCCC[N+](C)(CCCCCCCCCC)CCOC. The molecule has 0 spiro atoms. The van der Waals surface area contributed by atoms with E-state index in [9.17, 15) is 0 Å². The van der Waals surface area contributed by atoms with E-state index in [2.05, 4.69) is 20.9 Å². The number of hydrogen-bond donors (Lipinski definition) is 0. The van der Waals surface area contributed by atoms with Gasteiger partial charge in [0.15, 0.2) is 0 Å². The molecule has 2 nitrogen and oxygen atoms in total. The van der Waals surface area contributed by atoms with Crippen molar-refractivity contribution in [3.05, 3.63) is 0 Å². The highest BCUT2D eigenvalue weighted by Gasteiger charge is 2.20. The summed E-state index contributed by atoms with van der Waals surface area (Å²) in [6.45, 7) is 9.37. The van der Waals surface area contributed by atoms with Gasteiger partial charge in [0.25, 0.3) is 0 Å². The van der Waals surface area contributed by atoms with Crippen molar-refractivity contribution in [3.63, 3.8) is 0 Å². The molecular formula is C28H68NO+. The lowest BCUT2D eigenvalue weighted by molar-refractivity contribution is -0.910. The molecule has 0 radical (unpaired) electrons. The van der Waals surface area contributed by atoms with Crippen LogP contribution in [0.15, 0.2) is 0 Å². The number of quaternary nitrogens is 1. The van der Waals surface area contributed by atoms with Gasteiger partial charge in [-0.05, 0) is 25.7 Å². The van der Waals surface area contributed by atoms with Gasteiger partial charge in [0.05, 0.1) is 26.7 Å². The molecular weight excluding hydrogens is 366 g/mol. The minimum absolute atomic E-state index is 0. The first-order chi connectivity index (χ1) is 12.7. The van der Waals surface area contributed by atoms with Gasteiger partial charge in [0.2, 0.25) is 0 Å². The van der Waals surface area contributed by atoms with Gasteiger partial charge < -0.3 is 9.22 Å². The molecule has 190 valence electrons. The van der Waals surface area contributed by atoms with Crippen molar-refractivity contribution in [3.8, 4) is 0 Å². The Labute approximate surface area is 196 Å². The largest absolute Gasteiger partial charge is 0.379 e. The number of rotatable bonds is 21. The van der Waals surface area contributed by atoms with E-state index in [1.807, 2.05) is 7.11 Å². The number of likely N-dealkylation sites (N-methyl/N-ethyl adjacent to an activating group) is 1. The maximum absolute atomic E-state index is 5.39. The lowest BCUT2D eigenvalue weighted by atomic mass is 10.1. The average Bonchev–Trinajstić information content (AvgIpc) is 2.64. The van der Waals surface area contributed by atoms with Crippen LogP contribution in [0.4, 0.5) is 0 Å². The molecule has 0 aliphatic heterocycles. The molecule has 0 heterocycles. The number of hydrogen-bond acceptors (Lipinski definition) is 1. The van der Waals surface area contributed by atoms with Crippen molar-refractivity contribution in [1.29, 1.82) is 0 Å². The Morgan fingerprint density at radius 3 is 1.07 bits per heavy atom. The fourth-order valence-electron chi connectivity index (χ4n) is 3.90. The van der Waals surface area contributed by atoms with E-state index in [4.69, 9.17) is 4.74 Å². The van der Waals surface area contributed by atoms with E-state index in [0.717, 1.165) is 6.61 Å². The van der Waals surface area contributed by atoms with E-state index in [1.165, 1.54) is 127 Å². The zero-order valence-corrected chi connectivity index (χ0v) is 19.0. The maximum Gasteiger partial charge on any atom is 0.102 e. The normalized spacial score (nSPS) is 10.4. The summed E-state index contributed by atoms with van der Waals surface area (Å²) in [6, 6.07) is 0. The molecule has 0 atom stereocenters. The number of methoxy groups -OCH3 is 1. The molecule has 30 heavy (non-hydrogen) atoms. The van der Waals surface area contributed by atoms with Crippen LogP contribution in [-0.4, -0.2) is 44.9 Å². The molecule has 0 bridgehead atoms. The van der Waals surface area contributed by atoms with Gasteiger partial charge in [-0.15, -0.1) is 0 Å². The van der Waals surface area contributed by atoms with Crippen LogP contribution in [0.25, 0.3) is 0 Å². The predicted octanol–water partition coefficient (Wildman–Crippen LogP) is 9.91. The Hall–Kier alpha value is -0.0800. The first-order valence-corrected chi connectivity index (χ1v) is 12.0. The molecule has 0 fully saturated rings. The number of unbranched alkanes of at least 4 members (excludes halogenated alkanes) is 14. The fraction of sp³-hybridized carbons (Fsp3) is 1.00. The topological polar surface area (TPSA) is 9.23 Å². The third-order valence-electron chi connectivity index (χ3n) is 5.94. The van der Waals surface area contributed by atoms with Gasteiger partial charge in [-0.2, -0.15) is 0 Å². The highest BCUT2D eigenvalue weighted by molar-refractivity contribution is 4.50. The molecule has 0 unspecified atom stereocenters. The number of ether oxygens (including phenoxy) is 1. The fourth-order valence-corrected chi connectivity index (χ4v) is 3.90. The Morgan fingerprint density at radius 1 is 0.467 bits per heavy atom. The van der Waals surface area contributed by atoms with Crippen molar-refractivity contribution >= 4 is 0 Å². The van der Waals surface area contributed by atoms with Crippen molar-refractivity contribution in [2.45, 2.75) is 146 Å². The summed E-state index contributed by atoms with van der Waals surface area (Å²) in [5, 5.41) is 0. The van der Waals surface area contributed by atoms with Crippen molar-refractivity contribution in [2.75, 3.05) is 40.4 Å². The van der Waals surface area contributed by atoms with Crippen LogP contribution in [0, 0.1) is 0 Å². The first kappa shape index (κ1) is 40.3. The third-order valence-corrected chi connectivity index (χ3v) is 5.94. The second kappa shape index (κ2) is 31.1. The van der Waals surface area contributed by atoms with Gasteiger partial charge in [-0.3, -0.25) is 0 Å². The molecule has 0 amide bonds. The first-order valence-electron chi connectivity index (χ1n) is 12.0. The maximum atomic E-state index is 5.39.